The molecule has 9 heteroatoms. The molecule has 216 valence electrons. The van der Waals surface area contributed by atoms with Gasteiger partial charge in [0.1, 0.15) is 6.04 Å². The quantitative estimate of drug-likeness (QED) is 0.373. The van der Waals surface area contributed by atoms with E-state index in [1.807, 2.05) is 43.3 Å². The van der Waals surface area contributed by atoms with E-state index in [0.717, 1.165) is 12.1 Å². The fraction of sp³-hybridized carbons (Fsp3) is 0.406. The lowest BCUT2D eigenvalue weighted by Gasteiger charge is -2.39. The molecule has 2 aromatic carbocycles. The molecule has 3 aliphatic rings. The van der Waals surface area contributed by atoms with Gasteiger partial charge in [0.05, 0.1) is 39.9 Å². The lowest BCUT2D eigenvalue weighted by molar-refractivity contribution is -0.141. The fourth-order valence-corrected chi connectivity index (χ4v) is 9.38. The number of halogens is 1. The van der Waals surface area contributed by atoms with Gasteiger partial charge in [0.15, 0.2) is 0 Å². The van der Waals surface area contributed by atoms with Crippen LogP contribution in [-0.2, 0) is 14.4 Å². The molecule has 1 spiro atoms. The minimum Gasteiger partial charge on any atom is -0.394 e. The van der Waals surface area contributed by atoms with Crippen molar-refractivity contribution in [3.8, 4) is 0 Å². The van der Waals surface area contributed by atoms with Gasteiger partial charge < -0.3 is 19.8 Å². The number of rotatable bonds is 11. The minimum absolute atomic E-state index is 0.0905. The van der Waals surface area contributed by atoms with Crippen molar-refractivity contribution in [3.63, 3.8) is 0 Å². The first-order chi connectivity index (χ1) is 19.8. The predicted molar refractivity (Wildman–Crippen MR) is 165 cm³/mol. The number of amides is 3. The number of hydrogen-bond donors (Lipinski definition) is 1. The highest BCUT2D eigenvalue weighted by Gasteiger charge is 2.74. The molecule has 2 aromatic rings. The Hall–Kier alpha value is -3.07. The average Bonchev–Trinajstić information content (AvgIpc) is 3.63. The summed E-state index contributed by atoms with van der Waals surface area (Å²) in [4.78, 5) is 48.3. The molecule has 3 aliphatic heterocycles. The summed E-state index contributed by atoms with van der Waals surface area (Å²) in [5.41, 5.74) is 1.28. The maximum atomic E-state index is 14.7. The van der Waals surface area contributed by atoms with Gasteiger partial charge in [0.2, 0.25) is 11.8 Å². The van der Waals surface area contributed by atoms with Gasteiger partial charge in [0.25, 0.3) is 5.91 Å². The van der Waals surface area contributed by atoms with Crippen molar-refractivity contribution >= 4 is 52.5 Å². The van der Waals surface area contributed by atoms with Gasteiger partial charge in [-0.25, -0.2) is 0 Å². The molecule has 7 nitrogen and oxygen atoms in total. The Bertz CT molecular complexity index is 1340. The van der Waals surface area contributed by atoms with Gasteiger partial charge in [-0.15, -0.1) is 24.9 Å². The van der Waals surface area contributed by atoms with Crippen molar-refractivity contribution in [1.82, 2.24) is 4.90 Å². The molecule has 41 heavy (non-hydrogen) atoms. The van der Waals surface area contributed by atoms with E-state index in [1.54, 1.807) is 56.8 Å². The molecule has 0 aliphatic carbocycles. The van der Waals surface area contributed by atoms with Crippen LogP contribution >= 0.6 is 23.4 Å². The highest BCUT2D eigenvalue weighted by molar-refractivity contribution is 8.02. The van der Waals surface area contributed by atoms with Gasteiger partial charge in [-0.1, -0.05) is 61.0 Å². The largest absolute Gasteiger partial charge is 0.394 e. The number of hydrogen-bond acceptors (Lipinski definition) is 5. The summed E-state index contributed by atoms with van der Waals surface area (Å²) in [7, 11) is 0. The number of benzene rings is 2. The number of carbonyl (C=O) groups excluding carboxylic acids is 3. The van der Waals surface area contributed by atoms with Crippen LogP contribution in [0.25, 0.3) is 0 Å². The van der Waals surface area contributed by atoms with Crippen LogP contribution in [0.2, 0.25) is 5.02 Å². The standard InChI is InChI=1S/C32H36ClN3O4S/c1-4-18-34(22-12-8-7-9-13-22)29(38)26-25-16-17-32(41-25)27(26)30(39)36(21(6-3)20-37)28(32)31(40)35(19-5-2)24-15-11-10-14-23(24)33/h4-5,7-15,21,25-28,37H,1-2,6,16-20H2,3H3/t21-,25-,26+,27-,28?,32?/m0/s1. The molecular formula is C32H36ClN3O4S. The maximum Gasteiger partial charge on any atom is 0.251 e. The smallest absolute Gasteiger partial charge is 0.251 e. The highest BCUT2D eigenvalue weighted by atomic mass is 35.5. The zero-order chi connectivity index (χ0) is 29.3. The van der Waals surface area contributed by atoms with Crippen LogP contribution < -0.4 is 9.80 Å². The Morgan fingerprint density at radius 3 is 2.39 bits per heavy atom. The molecule has 3 heterocycles. The van der Waals surface area contributed by atoms with E-state index in [4.69, 9.17) is 11.6 Å². The third-order valence-corrected chi connectivity index (χ3v) is 11.0. The lowest BCUT2D eigenvalue weighted by atomic mass is 9.70. The van der Waals surface area contributed by atoms with Crippen LogP contribution in [0, 0.1) is 11.8 Å². The summed E-state index contributed by atoms with van der Waals surface area (Å²) in [5, 5.41) is 10.7. The Labute approximate surface area is 250 Å². The Balaban J connectivity index is 1.60. The normalized spacial score (nSPS) is 26.9. The third kappa shape index (κ3) is 4.80. The molecule has 6 atom stereocenters. The zero-order valence-corrected chi connectivity index (χ0v) is 24.8. The van der Waals surface area contributed by atoms with E-state index in [9.17, 15) is 19.5 Å². The van der Waals surface area contributed by atoms with Gasteiger partial charge in [-0.05, 0) is 43.5 Å². The minimum atomic E-state index is -0.856. The number of likely N-dealkylation sites (tertiary alicyclic amines) is 1. The Morgan fingerprint density at radius 2 is 1.76 bits per heavy atom. The number of para-hydroxylation sites is 2. The van der Waals surface area contributed by atoms with Crippen molar-refractivity contribution in [2.45, 2.75) is 48.3 Å². The average molecular weight is 594 g/mol. The molecule has 3 saturated heterocycles. The molecule has 0 radical (unpaired) electrons. The van der Waals surface area contributed by atoms with Crippen LogP contribution in [0.3, 0.4) is 0 Å². The summed E-state index contributed by atoms with van der Waals surface area (Å²) >= 11 is 8.16. The van der Waals surface area contributed by atoms with Crippen LogP contribution in [0.4, 0.5) is 11.4 Å². The molecule has 2 unspecified atom stereocenters. The van der Waals surface area contributed by atoms with Crippen molar-refractivity contribution < 1.29 is 19.5 Å². The van der Waals surface area contributed by atoms with Crippen LogP contribution in [0.1, 0.15) is 26.2 Å². The van der Waals surface area contributed by atoms with Crippen LogP contribution in [-0.4, -0.2) is 69.5 Å². The molecule has 5 rings (SSSR count). The van der Waals surface area contributed by atoms with Crippen molar-refractivity contribution in [1.29, 1.82) is 0 Å². The lowest BCUT2D eigenvalue weighted by Crippen LogP contribution is -2.57. The number of anilines is 2. The second-order valence-electron chi connectivity index (χ2n) is 10.8. The summed E-state index contributed by atoms with van der Waals surface area (Å²) in [5.74, 6) is -1.91. The summed E-state index contributed by atoms with van der Waals surface area (Å²) < 4.78 is -0.793. The number of aliphatic hydroxyl groups excluding tert-OH is 1. The first-order valence-corrected chi connectivity index (χ1v) is 15.3. The Morgan fingerprint density at radius 1 is 1.10 bits per heavy atom. The maximum absolute atomic E-state index is 14.7. The monoisotopic (exact) mass is 593 g/mol. The zero-order valence-electron chi connectivity index (χ0n) is 23.2. The Kier molecular flexibility index (Phi) is 8.64. The number of fused-ring (bicyclic) bond motifs is 1. The van der Waals surface area contributed by atoms with E-state index in [0.29, 0.717) is 30.1 Å². The second kappa shape index (κ2) is 12.0. The second-order valence-corrected chi connectivity index (χ2v) is 12.8. The van der Waals surface area contributed by atoms with Crippen molar-refractivity contribution in [2.75, 3.05) is 29.5 Å². The first-order valence-electron chi connectivity index (χ1n) is 14.1. The van der Waals surface area contributed by atoms with Crippen molar-refractivity contribution in [2.24, 2.45) is 11.8 Å². The van der Waals surface area contributed by atoms with Crippen molar-refractivity contribution in [3.05, 3.63) is 84.9 Å². The van der Waals surface area contributed by atoms with Crippen LogP contribution in [0.5, 0.6) is 0 Å². The van der Waals surface area contributed by atoms with E-state index >= 15 is 0 Å². The third-order valence-electron chi connectivity index (χ3n) is 8.70. The van der Waals surface area contributed by atoms with E-state index < -0.39 is 28.7 Å². The molecule has 3 fully saturated rings. The summed E-state index contributed by atoms with van der Waals surface area (Å²) in [6, 6.07) is 15.1. The molecule has 1 N–H and O–H groups in total. The molecule has 2 bridgehead atoms. The highest BCUT2D eigenvalue weighted by Crippen LogP contribution is 2.67. The topological polar surface area (TPSA) is 81.2 Å². The van der Waals surface area contributed by atoms with Crippen LogP contribution in [0.15, 0.2) is 79.9 Å². The SMILES string of the molecule is C=CCN(C(=O)[C@@H]1[C@@H]2CCC3(S2)C(C(=O)N(CC=C)c2ccccc2Cl)N([C@@H](CC)CO)C(=O)[C@H]13)c1ccccc1. The predicted octanol–water partition coefficient (Wildman–Crippen LogP) is 4.94. The molecule has 0 saturated carbocycles. The molecule has 0 aromatic heterocycles. The molecule has 3 amide bonds. The molecular weight excluding hydrogens is 558 g/mol. The van der Waals surface area contributed by atoms with Gasteiger partial charge in [-0.3, -0.25) is 14.4 Å². The van der Waals surface area contributed by atoms with E-state index in [1.165, 1.54) is 0 Å². The first kappa shape index (κ1) is 29.4. The summed E-state index contributed by atoms with van der Waals surface area (Å²) in [6.45, 7) is 9.85. The van der Waals surface area contributed by atoms with Gasteiger partial charge >= 0.3 is 0 Å². The van der Waals surface area contributed by atoms with E-state index in [-0.39, 0.29) is 36.1 Å². The number of nitrogens with zero attached hydrogens (tertiary/aromatic N) is 3. The van der Waals surface area contributed by atoms with Gasteiger partial charge in [-0.2, -0.15) is 0 Å². The summed E-state index contributed by atoms with van der Waals surface area (Å²) in [6.07, 6.45) is 5.16. The van der Waals surface area contributed by atoms with Gasteiger partial charge in [0, 0.05) is 24.0 Å². The fourth-order valence-electron chi connectivity index (χ4n) is 6.95. The number of carbonyl (C=O) groups is 3. The number of thioether (sulfide) groups is 1. The van der Waals surface area contributed by atoms with E-state index in [2.05, 4.69) is 13.2 Å². The number of aliphatic hydroxyl groups is 1.